The minimum Gasteiger partial charge on any atom is -0.492 e. The fourth-order valence-corrected chi connectivity index (χ4v) is 1.55. The maximum atomic E-state index is 5.46. The summed E-state index contributed by atoms with van der Waals surface area (Å²) < 4.78 is 5.46. The fourth-order valence-electron chi connectivity index (χ4n) is 1.55. The molecule has 0 aliphatic carbocycles. The van der Waals surface area contributed by atoms with E-state index in [-0.39, 0.29) is 0 Å². The van der Waals surface area contributed by atoms with Crippen LogP contribution >= 0.6 is 0 Å². The first kappa shape index (κ1) is 11.0. The van der Waals surface area contributed by atoms with E-state index in [1.165, 1.54) is 0 Å². The number of ether oxygens (including phenoxy) is 1. The first-order valence-corrected chi connectivity index (χ1v) is 5.53. The Kier molecular flexibility index (Phi) is 3.10. The number of nitrogens with two attached hydrogens (primary N) is 1. The zero-order valence-corrected chi connectivity index (χ0v) is 9.66. The number of hydrogen-bond acceptors (Lipinski definition) is 3. The second-order valence-electron chi connectivity index (χ2n) is 4.09. The van der Waals surface area contributed by atoms with E-state index < -0.39 is 0 Å². The molecule has 2 aromatic rings. The number of fused-ring (bicyclic) bond motifs is 1. The molecule has 0 radical (unpaired) electrons. The first-order valence-electron chi connectivity index (χ1n) is 5.53. The summed E-state index contributed by atoms with van der Waals surface area (Å²) in [5, 5.41) is 0. The van der Waals surface area contributed by atoms with Gasteiger partial charge in [-0.1, -0.05) is 13.8 Å². The molecule has 1 aromatic carbocycles. The van der Waals surface area contributed by atoms with E-state index in [1.54, 1.807) is 0 Å². The second kappa shape index (κ2) is 4.53. The van der Waals surface area contributed by atoms with Gasteiger partial charge in [0.25, 0.3) is 0 Å². The summed E-state index contributed by atoms with van der Waals surface area (Å²) in [4.78, 5) is 7.79. The van der Waals surface area contributed by atoms with Crippen LogP contribution in [0, 0.1) is 0 Å². The van der Waals surface area contributed by atoms with Crippen molar-refractivity contribution < 1.29 is 4.74 Å². The summed E-state index contributed by atoms with van der Waals surface area (Å²) in [6.45, 7) is 5.29. The van der Waals surface area contributed by atoms with Crippen LogP contribution in [0.1, 0.15) is 25.6 Å². The van der Waals surface area contributed by atoms with Crippen molar-refractivity contribution in [2.45, 2.75) is 19.8 Å². The third-order valence-electron chi connectivity index (χ3n) is 2.41. The number of H-pyrrole nitrogens is 1. The van der Waals surface area contributed by atoms with Crippen molar-refractivity contribution in [2.24, 2.45) is 5.73 Å². The lowest BCUT2D eigenvalue weighted by Crippen LogP contribution is -2.10. The maximum Gasteiger partial charge on any atom is 0.121 e. The van der Waals surface area contributed by atoms with Crippen LogP contribution in [0.15, 0.2) is 18.2 Å². The van der Waals surface area contributed by atoms with Gasteiger partial charge in [0.15, 0.2) is 0 Å². The van der Waals surface area contributed by atoms with Gasteiger partial charge in [0, 0.05) is 18.5 Å². The number of nitrogens with one attached hydrogen (secondary N) is 1. The van der Waals surface area contributed by atoms with E-state index in [9.17, 15) is 0 Å². The number of aromatic nitrogens is 2. The average molecular weight is 219 g/mol. The van der Waals surface area contributed by atoms with E-state index in [0.29, 0.717) is 19.1 Å². The average Bonchev–Trinajstić information content (AvgIpc) is 2.69. The molecule has 0 bridgehead atoms. The van der Waals surface area contributed by atoms with Crippen molar-refractivity contribution in [3.05, 3.63) is 24.0 Å². The van der Waals surface area contributed by atoms with Crippen LogP contribution in [0.25, 0.3) is 11.0 Å². The lowest BCUT2D eigenvalue weighted by molar-refractivity contribution is 0.328. The monoisotopic (exact) mass is 219 g/mol. The second-order valence-corrected chi connectivity index (χ2v) is 4.09. The van der Waals surface area contributed by atoms with Crippen LogP contribution in [0.3, 0.4) is 0 Å². The quantitative estimate of drug-likeness (QED) is 0.827. The minimum absolute atomic E-state index is 0.404. The van der Waals surface area contributed by atoms with Gasteiger partial charge in [-0.2, -0.15) is 0 Å². The Morgan fingerprint density at radius 3 is 2.94 bits per heavy atom. The molecule has 0 saturated carbocycles. The van der Waals surface area contributed by atoms with Gasteiger partial charge in [-0.15, -0.1) is 0 Å². The summed E-state index contributed by atoms with van der Waals surface area (Å²) in [6, 6.07) is 5.84. The highest BCUT2D eigenvalue weighted by Crippen LogP contribution is 2.21. The highest BCUT2D eigenvalue weighted by atomic mass is 16.5. The Morgan fingerprint density at radius 2 is 2.25 bits per heavy atom. The van der Waals surface area contributed by atoms with Crippen LogP contribution in [0.5, 0.6) is 5.75 Å². The molecule has 1 heterocycles. The molecule has 4 heteroatoms. The molecule has 1 aromatic heterocycles. The molecule has 0 aliphatic heterocycles. The number of hydrogen-bond donors (Lipinski definition) is 2. The van der Waals surface area contributed by atoms with Crippen molar-refractivity contribution in [2.75, 3.05) is 13.2 Å². The standard InChI is InChI=1S/C12H17N3O/c1-8(2)12-14-10-4-3-9(16-6-5-13)7-11(10)15-12/h3-4,7-8H,5-6,13H2,1-2H3,(H,14,15). The van der Waals surface area contributed by atoms with E-state index in [1.807, 2.05) is 18.2 Å². The van der Waals surface area contributed by atoms with Gasteiger partial charge >= 0.3 is 0 Å². The Hall–Kier alpha value is -1.55. The molecule has 0 saturated heterocycles. The van der Waals surface area contributed by atoms with E-state index in [2.05, 4.69) is 23.8 Å². The molecule has 0 atom stereocenters. The smallest absolute Gasteiger partial charge is 0.121 e. The molecule has 0 spiro atoms. The largest absolute Gasteiger partial charge is 0.492 e. The van der Waals surface area contributed by atoms with Gasteiger partial charge in [0.2, 0.25) is 0 Å². The molecular weight excluding hydrogens is 202 g/mol. The topological polar surface area (TPSA) is 63.9 Å². The first-order chi connectivity index (χ1) is 7.70. The minimum atomic E-state index is 0.404. The number of rotatable bonds is 4. The van der Waals surface area contributed by atoms with Crippen LogP contribution in [0.4, 0.5) is 0 Å². The third-order valence-corrected chi connectivity index (χ3v) is 2.41. The van der Waals surface area contributed by atoms with Gasteiger partial charge in [-0.3, -0.25) is 0 Å². The van der Waals surface area contributed by atoms with Crippen LogP contribution in [0.2, 0.25) is 0 Å². The Bertz CT molecular complexity index is 476. The summed E-state index contributed by atoms with van der Waals surface area (Å²) in [6.07, 6.45) is 0. The Labute approximate surface area is 94.8 Å². The van der Waals surface area contributed by atoms with Crippen LogP contribution in [-0.4, -0.2) is 23.1 Å². The van der Waals surface area contributed by atoms with Crippen LogP contribution < -0.4 is 10.5 Å². The van der Waals surface area contributed by atoms with Crippen molar-refractivity contribution in [3.8, 4) is 5.75 Å². The van der Waals surface area contributed by atoms with Gasteiger partial charge in [-0.25, -0.2) is 4.98 Å². The highest BCUT2D eigenvalue weighted by Gasteiger charge is 2.06. The molecular formula is C12H17N3O. The molecule has 0 aliphatic rings. The Morgan fingerprint density at radius 1 is 1.44 bits per heavy atom. The predicted octanol–water partition coefficient (Wildman–Crippen LogP) is 2.02. The van der Waals surface area contributed by atoms with E-state index in [4.69, 9.17) is 10.5 Å². The van der Waals surface area contributed by atoms with Gasteiger partial charge in [0.05, 0.1) is 11.0 Å². The van der Waals surface area contributed by atoms with E-state index in [0.717, 1.165) is 22.6 Å². The molecule has 0 unspecified atom stereocenters. The molecule has 86 valence electrons. The molecule has 3 N–H and O–H groups in total. The SMILES string of the molecule is CC(C)c1nc2ccc(OCCN)cc2[nH]1. The molecule has 16 heavy (non-hydrogen) atoms. The van der Waals surface area contributed by atoms with E-state index >= 15 is 0 Å². The number of benzene rings is 1. The number of imidazole rings is 1. The maximum absolute atomic E-state index is 5.46. The van der Waals surface area contributed by atoms with Crippen molar-refractivity contribution in [3.63, 3.8) is 0 Å². The third kappa shape index (κ3) is 2.17. The van der Waals surface area contributed by atoms with Crippen LogP contribution in [-0.2, 0) is 0 Å². The lowest BCUT2D eigenvalue weighted by atomic mass is 10.2. The van der Waals surface area contributed by atoms with Crippen molar-refractivity contribution in [1.29, 1.82) is 0 Å². The predicted molar refractivity (Wildman–Crippen MR) is 64.7 cm³/mol. The number of aromatic amines is 1. The summed E-state index contributed by atoms with van der Waals surface area (Å²) in [5.74, 6) is 2.24. The van der Waals surface area contributed by atoms with Crippen molar-refractivity contribution in [1.82, 2.24) is 9.97 Å². The fraction of sp³-hybridized carbons (Fsp3) is 0.417. The van der Waals surface area contributed by atoms with Gasteiger partial charge in [-0.05, 0) is 12.1 Å². The van der Waals surface area contributed by atoms with Gasteiger partial charge < -0.3 is 15.5 Å². The molecule has 0 fully saturated rings. The van der Waals surface area contributed by atoms with Crippen molar-refractivity contribution >= 4 is 11.0 Å². The molecule has 0 amide bonds. The number of nitrogens with zero attached hydrogens (tertiary/aromatic N) is 1. The summed E-state index contributed by atoms with van der Waals surface area (Å²) in [5.41, 5.74) is 7.38. The Balaban J connectivity index is 2.30. The zero-order chi connectivity index (χ0) is 11.5. The molecule has 4 nitrogen and oxygen atoms in total. The normalized spacial score (nSPS) is 11.2. The highest BCUT2D eigenvalue weighted by molar-refractivity contribution is 5.76. The summed E-state index contributed by atoms with van der Waals surface area (Å²) in [7, 11) is 0. The van der Waals surface area contributed by atoms with Gasteiger partial charge in [0.1, 0.15) is 18.2 Å². The lowest BCUT2D eigenvalue weighted by Gasteiger charge is -2.03. The summed E-state index contributed by atoms with van der Waals surface area (Å²) >= 11 is 0. The molecule has 2 rings (SSSR count). The zero-order valence-electron chi connectivity index (χ0n) is 9.66.